The number of aromatic nitrogens is 1. The lowest BCUT2D eigenvalue weighted by Crippen LogP contribution is -2.20. The number of benzene rings is 8. The van der Waals surface area contributed by atoms with Gasteiger partial charge in [0, 0.05) is 69.6 Å². The molecule has 0 aliphatic carbocycles. The van der Waals surface area contributed by atoms with E-state index >= 15 is 4.57 Å². The van der Waals surface area contributed by atoms with Gasteiger partial charge in [-0.15, -0.1) is 11.3 Å². The van der Waals surface area contributed by atoms with Gasteiger partial charge in [-0.2, -0.15) is 0 Å². The van der Waals surface area contributed by atoms with Gasteiger partial charge in [-0.3, -0.25) is 0 Å². The second kappa shape index (κ2) is 11.7. The van der Waals surface area contributed by atoms with Crippen LogP contribution in [0, 0.1) is 0 Å². The zero-order chi connectivity index (χ0) is 35.1. The van der Waals surface area contributed by atoms with Gasteiger partial charge < -0.3 is 14.0 Å². The summed E-state index contributed by atoms with van der Waals surface area (Å²) in [6.45, 7) is 0. The van der Waals surface area contributed by atoms with Gasteiger partial charge in [0.1, 0.15) is 0 Å². The lowest BCUT2D eigenvalue weighted by molar-refractivity contribution is 0.593. The first kappa shape index (κ1) is 30.4. The average Bonchev–Trinajstić information content (AvgIpc) is 3.84. The van der Waals surface area contributed by atoms with E-state index in [4.69, 9.17) is 0 Å². The molecule has 3 nitrogen and oxygen atoms in total. The second-order valence-electron chi connectivity index (χ2n) is 13.7. The smallest absolute Gasteiger partial charge is 0.172 e. The Balaban J connectivity index is 1.08. The molecule has 3 heterocycles. The fourth-order valence-corrected chi connectivity index (χ4v) is 12.6. The molecule has 0 radical (unpaired) electrons. The van der Waals surface area contributed by atoms with E-state index in [1.54, 1.807) is 0 Å². The molecule has 1 unspecified atom stereocenters. The predicted molar refractivity (Wildman–Crippen MR) is 227 cm³/mol. The van der Waals surface area contributed by atoms with Crippen LogP contribution < -0.4 is 20.8 Å². The molecule has 1 aliphatic heterocycles. The van der Waals surface area contributed by atoms with Crippen LogP contribution in [0.25, 0.3) is 58.8 Å². The lowest BCUT2D eigenvalue weighted by Gasteiger charge is -2.26. The first-order valence-corrected chi connectivity index (χ1v) is 20.4. The molecule has 0 saturated heterocycles. The van der Waals surface area contributed by atoms with Gasteiger partial charge in [-0.1, -0.05) is 115 Å². The Bertz CT molecular complexity index is 3090. The molecular weight excluding hydrogens is 684 g/mol. The molecule has 8 aromatic carbocycles. The van der Waals surface area contributed by atoms with Crippen molar-refractivity contribution >= 4 is 93.4 Å². The molecule has 0 fully saturated rings. The van der Waals surface area contributed by atoms with Crippen molar-refractivity contribution in [2.45, 2.75) is 0 Å². The van der Waals surface area contributed by atoms with E-state index in [1.165, 1.54) is 20.2 Å². The quantitative estimate of drug-likeness (QED) is 0.166. The van der Waals surface area contributed by atoms with Crippen molar-refractivity contribution in [2.24, 2.45) is 0 Å². The Hall–Kier alpha value is -6.19. The second-order valence-corrected chi connectivity index (χ2v) is 17.4. The highest BCUT2D eigenvalue weighted by molar-refractivity contribution is 7.86. The largest absolute Gasteiger partial charge is 0.310 e. The predicted octanol–water partition coefficient (Wildman–Crippen LogP) is 12.2. The minimum Gasteiger partial charge on any atom is -0.310 e. The molecule has 0 amide bonds. The van der Waals surface area contributed by atoms with Crippen molar-refractivity contribution in [3.8, 4) is 16.8 Å². The lowest BCUT2D eigenvalue weighted by atomic mass is 10.0. The van der Waals surface area contributed by atoms with Crippen LogP contribution in [0.4, 0.5) is 17.1 Å². The summed E-state index contributed by atoms with van der Waals surface area (Å²) in [6.07, 6.45) is 0. The van der Waals surface area contributed by atoms with Crippen LogP contribution in [0.2, 0.25) is 0 Å². The Kier molecular flexibility index (Phi) is 6.70. The number of anilines is 3. The van der Waals surface area contributed by atoms with Gasteiger partial charge >= 0.3 is 0 Å². The van der Waals surface area contributed by atoms with E-state index in [9.17, 15) is 0 Å². The normalized spacial score (nSPS) is 14.9. The molecule has 0 bridgehead atoms. The maximum atomic E-state index is 15.4. The highest BCUT2D eigenvalue weighted by Gasteiger charge is 2.40. The summed E-state index contributed by atoms with van der Waals surface area (Å²) >= 11 is 1.84. The Morgan fingerprint density at radius 1 is 0.434 bits per heavy atom. The molecule has 53 heavy (non-hydrogen) atoms. The van der Waals surface area contributed by atoms with Crippen LogP contribution in [0.3, 0.4) is 0 Å². The van der Waals surface area contributed by atoms with Crippen molar-refractivity contribution in [1.82, 2.24) is 4.57 Å². The molecule has 0 saturated carbocycles. The van der Waals surface area contributed by atoms with Crippen molar-refractivity contribution in [1.29, 1.82) is 0 Å². The topological polar surface area (TPSA) is 25.2 Å². The SMILES string of the molecule is O=P1(c2ccccc2)c2ccccc2-c2cc3c(cc21)c1ccccc1n3-c1ccc(N(c2ccccc2)c2ccc3c(c2)sc2ccccc23)cc1. The fraction of sp³-hybridized carbons (Fsp3) is 0. The van der Waals surface area contributed by atoms with Crippen LogP contribution in [-0.4, -0.2) is 4.57 Å². The van der Waals surface area contributed by atoms with Crippen molar-refractivity contribution in [3.63, 3.8) is 0 Å². The van der Waals surface area contributed by atoms with Gasteiger partial charge in [-0.25, -0.2) is 0 Å². The average molecular weight is 715 g/mol. The zero-order valence-electron chi connectivity index (χ0n) is 28.6. The van der Waals surface area contributed by atoms with Crippen LogP contribution in [0.1, 0.15) is 0 Å². The number of nitrogens with zero attached hydrogens (tertiary/aromatic N) is 2. The first-order valence-electron chi connectivity index (χ1n) is 17.9. The van der Waals surface area contributed by atoms with Crippen LogP contribution in [0.5, 0.6) is 0 Å². The van der Waals surface area contributed by atoms with Gasteiger partial charge in [-0.05, 0) is 83.9 Å². The summed E-state index contributed by atoms with van der Waals surface area (Å²) in [5.74, 6) is 0. The Morgan fingerprint density at radius 2 is 1.08 bits per heavy atom. The summed E-state index contributed by atoms with van der Waals surface area (Å²) in [6, 6.07) is 66.3. The van der Waals surface area contributed by atoms with E-state index < -0.39 is 7.14 Å². The molecule has 2 aromatic heterocycles. The number of fused-ring (bicyclic) bond motifs is 9. The summed E-state index contributed by atoms with van der Waals surface area (Å²) < 4.78 is 20.3. The van der Waals surface area contributed by atoms with Crippen molar-refractivity contribution < 1.29 is 4.57 Å². The van der Waals surface area contributed by atoms with Crippen molar-refractivity contribution in [2.75, 3.05) is 4.90 Å². The molecule has 1 atom stereocenters. The number of hydrogen-bond acceptors (Lipinski definition) is 3. The van der Waals surface area contributed by atoms with Gasteiger partial charge in [0.25, 0.3) is 0 Å². The summed E-state index contributed by atoms with van der Waals surface area (Å²) in [5, 5.41) is 7.56. The minimum atomic E-state index is -3.06. The number of hydrogen-bond donors (Lipinski definition) is 0. The fourth-order valence-electron chi connectivity index (χ4n) is 8.41. The van der Waals surface area contributed by atoms with Crippen LogP contribution in [0.15, 0.2) is 188 Å². The highest BCUT2D eigenvalue weighted by Crippen LogP contribution is 2.53. The third-order valence-electron chi connectivity index (χ3n) is 10.8. The van der Waals surface area contributed by atoms with E-state index in [2.05, 4.69) is 161 Å². The van der Waals surface area contributed by atoms with Crippen LogP contribution >= 0.6 is 18.5 Å². The van der Waals surface area contributed by atoms with Gasteiger partial charge in [0.15, 0.2) is 7.14 Å². The van der Waals surface area contributed by atoms with Crippen molar-refractivity contribution in [3.05, 3.63) is 188 Å². The summed E-state index contributed by atoms with van der Waals surface area (Å²) in [7, 11) is -3.06. The monoisotopic (exact) mass is 714 g/mol. The Morgan fingerprint density at radius 3 is 1.91 bits per heavy atom. The minimum absolute atomic E-state index is 0.874. The third kappa shape index (κ3) is 4.50. The highest BCUT2D eigenvalue weighted by atomic mass is 32.1. The molecule has 1 aliphatic rings. The standard InChI is InChI=1S/C48H31N2OPS/c51-52(36-15-5-2-6-16-36)45-21-11-8-18-38(45)42-30-44-41(31-46(42)52)37-17-7-10-20-43(37)50(44)34-25-23-33(24-26-34)49(32-13-3-1-4-14-32)35-27-28-40-39-19-9-12-22-47(39)53-48(40)29-35/h1-31H. The molecule has 0 spiro atoms. The third-order valence-corrected chi connectivity index (χ3v) is 15.1. The maximum absolute atomic E-state index is 15.4. The Labute approximate surface area is 311 Å². The van der Waals surface area contributed by atoms with E-state index in [0.29, 0.717) is 0 Å². The van der Waals surface area contributed by atoms with E-state index in [1.807, 2.05) is 47.7 Å². The van der Waals surface area contributed by atoms with Gasteiger partial charge in [0.2, 0.25) is 0 Å². The summed E-state index contributed by atoms with van der Waals surface area (Å²) in [4.78, 5) is 2.34. The first-order chi connectivity index (χ1) is 26.2. The molecule has 250 valence electrons. The molecule has 5 heteroatoms. The van der Waals surface area contributed by atoms with Gasteiger partial charge in [0.05, 0.1) is 11.0 Å². The molecule has 10 aromatic rings. The molecular formula is C48H31N2OPS. The summed E-state index contributed by atoms with van der Waals surface area (Å²) in [5.41, 5.74) is 8.71. The van der Waals surface area contributed by atoms with Crippen LogP contribution in [-0.2, 0) is 4.57 Å². The van der Waals surface area contributed by atoms with E-state index in [0.717, 1.165) is 71.6 Å². The zero-order valence-corrected chi connectivity index (χ0v) is 30.3. The number of rotatable bonds is 5. The molecule has 0 N–H and O–H groups in total. The maximum Gasteiger partial charge on any atom is 0.172 e. The number of para-hydroxylation sites is 2. The van der Waals surface area contributed by atoms with E-state index in [-0.39, 0.29) is 0 Å². The molecule has 11 rings (SSSR count). The number of thiophene rings is 1.